The van der Waals surface area contributed by atoms with Gasteiger partial charge in [-0.15, -0.1) is 0 Å². The van der Waals surface area contributed by atoms with Gasteiger partial charge in [0, 0.05) is 6.08 Å². The van der Waals surface area contributed by atoms with E-state index in [1.165, 1.54) is 6.08 Å². The Morgan fingerprint density at radius 2 is 1.86 bits per heavy atom. The quantitative estimate of drug-likeness (QED) is 0.655. The maximum Gasteiger partial charge on any atom is 0.328 e. The number of methoxy groups -OCH3 is 1. The van der Waals surface area contributed by atoms with Crippen molar-refractivity contribution in [3.8, 4) is 11.5 Å². The summed E-state index contributed by atoms with van der Waals surface area (Å²) >= 11 is 0. The Hall–Kier alpha value is -1.75. The molecule has 0 saturated heterocycles. The first-order chi connectivity index (χ1) is 9.56. The van der Waals surface area contributed by atoms with Crippen LogP contribution >= 0.6 is 0 Å². The predicted octanol–water partition coefficient (Wildman–Crippen LogP) is 4.18. The zero-order valence-corrected chi connectivity index (χ0v) is 14.6. The number of carboxylic acids is 1. The Morgan fingerprint density at radius 1 is 1.24 bits per heavy atom. The number of hydrogen-bond donors (Lipinski definition) is 1. The van der Waals surface area contributed by atoms with Crippen LogP contribution in [-0.4, -0.2) is 26.5 Å². The molecule has 0 spiro atoms. The van der Waals surface area contributed by atoms with E-state index in [4.69, 9.17) is 14.3 Å². The van der Waals surface area contributed by atoms with E-state index >= 15 is 0 Å². The molecule has 5 heteroatoms. The molecule has 0 saturated carbocycles. The van der Waals surface area contributed by atoms with Crippen molar-refractivity contribution in [2.24, 2.45) is 0 Å². The number of benzene rings is 1. The summed E-state index contributed by atoms with van der Waals surface area (Å²) in [6.07, 6.45) is 2.63. The monoisotopic (exact) mass is 308 g/mol. The lowest BCUT2D eigenvalue weighted by Gasteiger charge is -2.36. The summed E-state index contributed by atoms with van der Waals surface area (Å²) in [4.78, 5) is 10.6. The summed E-state index contributed by atoms with van der Waals surface area (Å²) in [5, 5.41) is 8.76. The van der Waals surface area contributed by atoms with Crippen molar-refractivity contribution in [3.05, 3.63) is 29.8 Å². The third kappa shape index (κ3) is 4.63. The van der Waals surface area contributed by atoms with Gasteiger partial charge in [0.05, 0.1) is 7.11 Å². The summed E-state index contributed by atoms with van der Waals surface area (Å²) in [6.45, 7) is 10.9. The second-order valence-electron chi connectivity index (χ2n) is 6.44. The van der Waals surface area contributed by atoms with Crippen molar-refractivity contribution in [2.45, 2.75) is 38.9 Å². The van der Waals surface area contributed by atoms with Crippen LogP contribution in [0, 0.1) is 0 Å². The van der Waals surface area contributed by atoms with Crippen molar-refractivity contribution < 1.29 is 19.1 Å². The SMILES string of the molecule is COc1cc(/C=C\C(=O)O)ccc1O[Si](C)(C)C(C)(C)C. The smallest absolute Gasteiger partial charge is 0.328 e. The van der Waals surface area contributed by atoms with Gasteiger partial charge < -0.3 is 14.3 Å². The minimum atomic E-state index is -1.94. The van der Waals surface area contributed by atoms with Crippen molar-refractivity contribution in [2.75, 3.05) is 7.11 Å². The molecule has 0 aliphatic rings. The van der Waals surface area contributed by atoms with E-state index in [1.807, 2.05) is 12.1 Å². The highest BCUT2D eigenvalue weighted by molar-refractivity contribution is 6.74. The van der Waals surface area contributed by atoms with Crippen LogP contribution in [0.4, 0.5) is 0 Å². The third-order valence-electron chi connectivity index (χ3n) is 3.78. The largest absolute Gasteiger partial charge is 0.541 e. The van der Waals surface area contributed by atoms with Crippen LogP contribution in [0.2, 0.25) is 18.1 Å². The molecule has 1 N–H and O–H groups in total. The normalized spacial score (nSPS) is 12.5. The molecule has 0 atom stereocenters. The summed E-state index contributed by atoms with van der Waals surface area (Å²) in [6, 6.07) is 5.44. The third-order valence-corrected chi connectivity index (χ3v) is 8.12. The lowest BCUT2D eigenvalue weighted by molar-refractivity contribution is -0.131. The first kappa shape index (κ1) is 17.3. The fourth-order valence-electron chi connectivity index (χ4n) is 1.47. The van der Waals surface area contributed by atoms with Gasteiger partial charge in [-0.1, -0.05) is 26.8 Å². The molecule has 1 aromatic rings. The number of carboxylic acid groups (broad SMARTS) is 1. The lowest BCUT2D eigenvalue weighted by Crippen LogP contribution is -2.43. The average molecular weight is 308 g/mol. The van der Waals surface area contributed by atoms with Crippen LogP contribution in [-0.2, 0) is 4.79 Å². The van der Waals surface area contributed by atoms with Crippen LogP contribution in [0.15, 0.2) is 24.3 Å². The highest BCUT2D eigenvalue weighted by Crippen LogP contribution is 2.40. The first-order valence-corrected chi connectivity index (χ1v) is 9.76. The van der Waals surface area contributed by atoms with Crippen LogP contribution in [0.25, 0.3) is 6.08 Å². The lowest BCUT2D eigenvalue weighted by atomic mass is 10.2. The predicted molar refractivity (Wildman–Crippen MR) is 87.5 cm³/mol. The highest BCUT2D eigenvalue weighted by atomic mass is 28.4. The molecule has 0 heterocycles. The topological polar surface area (TPSA) is 55.8 Å². The molecule has 0 aliphatic carbocycles. The van der Waals surface area contributed by atoms with Crippen LogP contribution < -0.4 is 9.16 Å². The minimum absolute atomic E-state index is 0.0971. The van der Waals surface area contributed by atoms with Gasteiger partial charge in [0.25, 0.3) is 8.32 Å². The van der Waals surface area contributed by atoms with Crippen molar-refractivity contribution in [1.82, 2.24) is 0 Å². The molecule has 0 bridgehead atoms. The van der Waals surface area contributed by atoms with Gasteiger partial charge in [0.2, 0.25) is 0 Å². The summed E-state index contributed by atoms with van der Waals surface area (Å²) in [5.41, 5.74) is 0.761. The van der Waals surface area contributed by atoms with E-state index in [0.717, 1.165) is 11.6 Å². The molecular formula is C16H24O4Si. The van der Waals surface area contributed by atoms with E-state index in [2.05, 4.69) is 33.9 Å². The van der Waals surface area contributed by atoms with Gasteiger partial charge >= 0.3 is 5.97 Å². The number of carbonyl (C=O) groups is 1. The average Bonchev–Trinajstić information content (AvgIpc) is 2.35. The summed E-state index contributed by atoms with van der Waals surface area (Å²) < 4.78 is 11.6. The van der Waals surface area contributed by atoms with Gasteiger partial charge in [0.1, 0.15) is 5.75 Å². The number of hydrogen-bond acceptors (Lipinski definition) is 3. The highest BCUT2D eigenvalue weighted by Gasteiger charge is 2.39. The van der Waals surface area contributed by atoms with Gasteiger partial charge in [-0.05, 0) is 41.9 Å². The fraction of sp³-hybridized carbons (Fsp3) is 0.438. The Kier molecular flexibility index (Phi) is 5.23. The van der Waals surface area contributed by atoms with Crippen molar-refractivity contribution >= 4 is 20.4 Å². The zero-order chi connectivity index (χ0) is 16.3. The van der Waals surface area contributed by atoms with E-state index in [0.29, 0.717) is 11.5 Å². The minimum Gasteiger partial charge on any atom is -0.541 e. The maximum absolute atomic E-state index is 10.6. The first-order valence-electron chi connectivity index (χ1n) is 6.85. The van der Waals surface area contributed by atoms with Gasteiger partial charge in [-0.25, -0.2) is 4.79 Å². The molecule has 0 radical (unpaired) electrons. The van der Waals surface area contributed by atoms with Gasteiger partial charge in [0.15, 0.2) is 5.75 Å². The van der Waals surface area contributed by atoms with E-state index in [9.17, 15) is 4.79 Å². The zero-order valence-electron chi connectivity index (χ0n) is 13.6. The number of ether oxygens (including phenoxy) is 1. The molecule has 0 amide bonds. The van der Waals surface area contributed by atoms with E-state index < -0.39 is 14.3 Å². The molecule has 0 fully saturated rings. The molecule has 0 unspecified atom stereocenters. The molecule has 0 aromatic heterocycles. The fourth-order valence-corrected chi connectivity index (χ4v) is 2.49. The van der Waals surface area contributed by atoms with Crippen molar-refractivity contribution in [3.63, 3.8) is 0 Å². The Labute approximate surface area is 127 Å². The Morgan fingerprint density at radius 3 is 2.33 bits per heavy atom. The Bertz CT molecular complexity index is 542. The summed E-state index contributed by atoms with van der Waals surface area (Å²) in [5.74, 6) is 0.347. The molecule has 1 aromatic carbocycles. The number of rotatable bonds is 5. The van der Waals surface area contributed by atoms with E-state index in [1.54, 1.807) is 13.2 Å². The van der Waals surface area contributed by atoms with Crippen LogP contribution in [0.1, 0.15) is 26.3 Å². The molecule has 0 aliphatic heterocycles. The van der Waals surface area contributed by atoms with Gasteiger partial charge in [-0.3, -0.25) is 0 Å². The van der Waals surface area contributed by atoms with Crippen LogP contribution in [0.3, 0.4) is 0 Å². The number of aliphatic carboxylic acids is 1. The molecule has 1 rings (SSSR count). The second-order valence-corrected chi connectivity index (χ2v) is 11.2. The molecule has 4 nitrogen and oxygen atoms in total. The maximum atomic E-state index is 10.6. The Balaban J connectivity index is 3.07. The second kappa shape index (κ2) is 6.35. The molecular weight excluding hydrogens is 284 g/mol. The van der Waals surface area contributed by atoms with Crippen LogP contribution in [0.5, 0.6) is 11.5 Å². The molecule has 116 valence electrons. The molecule has 21 heavy (non-hydrogen) atoms. The standard InChI is InChI=1S/C16H24O4Si/c1-16(2,3)21(5,6)20-13-9-7-12(8-10-15(17)18)11-14(13)19-4/h7-11H,1-6H3,(H,17,18)/b10-8-. The van der Waals surface area contributed by atoms with E-state index in [-0.39, 0.29) is 5.04 Å². The summed E-state index contributed by atoms with van der Waals surface area (Å²) in [7, 11) is -0.357. The van der Waals surface area contributed by atoms with Gasteiger partial charge in [-0.2, -0.15) is 0 Å². The van der Waals surface area contributed by atoms with Crippen molar-refractivity contribution in [1.29, 1.82) is 0 Å².